The lowest BCUT2D eigenvalue weighted by Gasteiger charge is -2.14. The lowest BCUT2D eigenvalue weighted by atomic mass is 9.99. The van der Waals surface area contributed by atoms with E-state index in [4.69, 9.17) is 9.90 Å². The number of carboxylic acids is 1. The first-order valence-corrected chi connectivity index (χ1v) is 7.45. The van der Waals surface area contributed by atoms with E-state index in [1.807, 2.05) is 6.07 Å². The quantitative estimate of drug-likeness (QED) is 0.869. The van der Waals surface area contributed by atoms with Crippen molar-refractivity contribution in [2.45, 2.75) is 12.6 Å². The van der Waals surface area contributed by atoms with Gasteiger partial charge in [0.05, 0.1) is 0 Å². The summed E-state index contributed by atoms with van der Waals surface area (Å²) in [6.45, 7) is 2.04. The molecule has 1 aromatic heterocycles. The van der Waals surface area contributed by atoms with Crippen LogP contribution < -0.4 is 5.32 Å². The van der Waals surface area contributed by atoms with Crippen LogP contribution in [0.25, 0.3) is 17.0 Å². The summed E-state index contributed by atoms with van der Waals surface area (Å²) in [6.07, 6.45) is 1.82. The number of aromatic nitrogens is 2. The van der Waals surface area contributed by atoms with E-state index in [0.29, 0.717) is 0 Å². The molecular formula is C17H16F3N3O2. The minimum absolute atomic E-state index is 0.781. The van der Waals surface area contributed by atoms with Gasteiger partial charge in [-0.05, 0) is 30.2 Å². The van der Waals surface area contributed by atoms with Crippen LogP contribution in [0.5, 0.6) is 0 Å². The van der Waals surface area contributed by atoms with Crippen molar-refractivity contribution in [2.24, 2.45) is 0 Å². The second-order valence-corrected chi connectivity index (χ2v) is 5.14. The zero-order chi connectivity index (χ0) is 18.3. The van der Waals surface area contributed by atoms with Crippen LogP contribution in [-0.4, -0.2) is 40.3 Å². The molecule has 25 heavy (non-hydrogen) atoms. The van der Waals surface area contributed by atoms with Crippen molar-refractivity contribution in [3.05, 3.63) is 54.4 Å². The average molecular weight is 351 g/mol. The SMILES string of the molecule is C1=C(c2ccc(-c3ncccn3)cc2)CCNC1.O=C(O)C(F)(F)F. The largest absolute Gasteiger partial charge is 0.490 e. The molecule has 0 saturated carbocycles. The number of halogens is 3. The molecule has 2 N–H and O–H groups in total. The first kappa shape index (κ1) is 18.6. The van der Waals surface area contributed by atoms with E-state index in [2.05, 4.69) is 45.6 Å². The third kappa shape index (κ3) is 5.68. The smallest absolute Gasteiger partial charge is 0.475 e. The molecule has 132 valence electrons. The third-order valence-corrected chi connectivity index (χ3v) is 3.39. The van der Waals surface area contributed by atoms with Crippen LogP contribution in [0.3, 0.4) is 0 Å². The van der Waals surface area contributed by atoms with E-state index in [9.17, 15) is 13.2 Å². The molecule has 3 rings (SSSR count). The Labute approximate surface area is 142 Å². The fourth-order valence-electron chi connectivity index (χ4n) is 2.17. The van der Waals surface area contributed by atoms with Crippen molar-refractivity contribution < 1.29 is 23.1 Å². The topological polar surface area (TPSA) is 75.1 Å². The van der Waals surface area contributed by atoms with Gasteiger partial charge in [-0.3, -0.25) is 0 Å². The maximum Gasteiger partial charge on any atom is 0.490 e. The molecule has 0 aliphatic carbocycles. The average Bonchev–Trinajstić information content (AvgIpc) is 2.63. The fourth-order valence-corrected chi connectivity index (χ4v) is 2.17. The molecule has 1 aliphatic rings. The van der Waals surface area contributed by atoms with Gasteiger partial charge in [0.1, 0.15) is 0 Å². The summed E-state index contributed by atoms with van der Waals surface area (Å²) in [4.78, 5) is 17.4. The molecular weight excluding hydrogens is 335 g/mol. The first-order chi connectivity index (χ1) is 11.9. The van der Waals surface area contributed by atoms with Gasteiger partial charge < -0.3 is 10.4 Å². The lowest BCUT2D eigenvalue weighted by Crippen LogP contribution is -2.21. The van der Waals surface area contributed by atoms with Gasteiger partial charge in [0.2, 0.25) is 0 Å². The molecule has 0 unspecified atom stereocenters. The minimum atomic E-state index is -5.08. The van der Waals surface area contributed by atoms with Crippen molar-refractivity contribution in [1.29, 1.82) is 0 Å². The summed E-state index contributed by atoms with van der Waals surface area (Å²) in [5.74, 6) is -1.98. The fraction of sp³-hybridized carbons (Fsp3) is 0.235. The van der Waals surface area contributed by atoms with Gasteiger partial charge >= 0.3 is 12.1 Å². The van der Waals surface area contributed by atoms with Gasteiger partial charge in [-0.1, -0.05) is 30.3 Å². The summed E-state index contributed by atoms with van der Waals surface area (Å²) in [7, 11) is 0. The maximum absolute atomic E-state index is 10.6. The monoisotopic (exact) mass is 351 g/mol. The number of hydrogen-bond acceptors (Lipinski definition) is 4. The zero-order valence-corrected chi connectivity index (χ0v) is 13.1. The van der Waals surface area contributed by atoms with Crippen molar-refractivity contribution in [1.82, 2.24) is 15.3 Å². The van der Waals surface area contributed by atoms with Crippen LogP contribution in [0.2, 0.25) is 0 Å². The number of hydrogen-bond donors (Lipinski definition) is 2. The highest BCUT2D eigenvalue weighted by Gasteiger charge is 2.38. The molecule has 2 aromatic rings. The Morgan fingerprint density at radius 3 is 2.12 bits per heavy atom. The number of benzene rings is 1. The van der Waals surface area contributed by atoms with Gasteiger partial charge in [-0.15, -0.1) is 0 Å². The Bertz CT molecular complexity index is 729. The Morgan fingerprint density at radius 1 is 1.08 bits per heavy atom. The summed E-state index contributed by atoms with van der Waals surface area (Å²) in [6, 6.07) is 10.3. The van der Waals surface area contributed by atoms with E-state index in [-0.39, 0.29) is 0 Å². The highest BCUT2D eigenvalue weighted by molar-refractivity contribution is 5.73. The van der Waals surface area contributed by atoms with Crippen LogP contribution in [0.4, 0.5) is 13.2 Å². The van der Waals surface area contributed by atoms with Gasteiger partial charge in [0.25, 0.3) is 0 Å². The third-order valence-electron chi connectivity index (χ3n) is 3.39. The standard InChI is InChI=1S/C15H15N3.C2HF3O2/c1-8-17-15(18-9-1)14-4-2-12(3-5-14)13-6-10-16-11-7-13;3-2(4,5)1(6)7/h1-6,8-9,16H,7,10-11H2;(H,6,7). The first-order valence-electron chi connectivity index (χ1n) is 7.45. The number of rotatable bonds is 2. The van der Waals surface area contributed by atoms with Crippen LogP contribution >= 0.6 is 0 Å². The Morgan fingerprint density at radius 2 is 1.64 bits per heavy atom. The van der Waals surface area contributed by atoms with Crippen molar-refractivity contribution in [3.63, 3.8) is 0 Å². The van der Waals surface area contributed by atoms with Crippen LogP contribution in [-0.2, 0) is 4.79 Å². The van der Waals surface area contributed by atoms with E-state index >= 15 is 0 Å². The number of aliphatic carboxylic acids is 1. The number of carbonyl (C=O) groups is 1. The molecule has 5 nitrogen and oxygen atoms in total. The predicted molar refractivity (Wildman–Crippen MR) is 86.6 cm³/mol. The molecule has 8 heteroatoms. The van der Waals surface area contributed by atoms with E-state index in [1.54, 1.807) is 12.4 Å². The molecule has 1 aromatic carbocycles. The highest BCUT2D eigenvalue weighted by Crippen LogP contribution is 2.22. The maximum atomic E-state index is 10.6. The molecule has 0 radical (unpaired) electrons. The number of carboxylic acid groups (broad SMARTS) is 1. The second-order valence-electron chi connectivity index (χ2n) is 5.14. The minimum Gasteiger partial charge on any atom is -0.475 e. The van der Waals surface area contributed by atoms with Crippen LogP contribution in [0, 0.1) is 0 Å². The van der Waals surface area contributed by atoms with E-state index in [1.165, 1.54) is 11.1 Å². The Kier molecular flexibility index (Phi) is 6.24. The van der Waals surface area contributed by atoms with Crippen molar-refractivity contribution >= 4 is 11.5 Å². The number of alkyl halides is 3. The van der Waals surface area contributed by atoms with E-state index < -0.39 is 12.1 Å². The normalized spacial score (nSPS) is 14.1. The van der Waals surface area contributed by atoms with Crippen molar-refractivity contribution in [2.75, 3.05) is 13.1 Å². The zero-order valence-electron chi connectivity index (χ0n) is 13.1. The molecule has 0 saturated heterocycles. The van der Waals surface area contributed by atoms with Gasteiger partial charge in [0.15, 0.2) is 5.82 Å². The second kappa shape index (κ2) is 8.39. The summed E-state index contributed by atoms with van der Waals surface area (Å²) in [5, 5.41) is 10.5. The van der Waals surface area contributed by atoms with Gasteiger partial charge in [0, 0.05) is 24.5 Å². The summed E-state index contributed by atoms with van der Waals surface area (Å²) >= 11 is 0. The van der Waals surface area contributed by atoms with Crippen LogP contribution in [0.1, 0.15) is 12.0 Å². The molecule has 0 atom stereocenters. The summed E-state index contributed by atoms with van der Waals surface area (Å²) in [5.41, 5.74) is 3.79. The van der Waals surface area contributed by atoms with Gasteiger partial charge in [-0.25, -0.2) is 14.8 Å². The van der Waals surface area contributed by atoms with Gasteiger partial charge in [-0.2, -0.15) is 13.2 Å². The Hall–Kier alpha value is -2.74. The molecule has 1 aliphatic heterocycles. The highest BCUT2D eigenvalue weighted by atomic mass is 19.4. The Balaban J connectivity index is 0.000000277. The number of nitrogens with zero attached hydrogens (tertiary/aromatic N) is 2. The van der Waals surface area contributed by atoms with E-state index in [0.717, 1.165) is 30.9 Å². The lowest BCUT2D eigenvalue weighted by molar-refractivity contribution is -0.192. The molecule has 2 heterocycles. The summed E-state index contributed by atoms with van der Waals surface area (Å²) < 4.78 is 31.7. The van der Waals surface area contributed by atoms with Crippen molar-refractivity contribution in [3.8, 4) is 11.4 Å². The predicted octanol–water partition coefficient (Wildman–Crippen LogP) is 3.15. The molecule has 0 spiro atoms. The molecule has 0 bridgehead atoms. The number of nitrogens with one attached hydrogen (secondary N) is 1. The molecule has 0 amide bonds. The van der Waals surface area contributed by atoms with Crippen LogP contribution in [0.15, 0.2) is 48.8 Å². The molecule has 0 fully saturated rings.